The summed E-state index contributed by atoms with van der Waals surface area (Å²) in [6.45, 7) is 8.03. The van der Waals surface area contributed by atoms with Gasteiger partial charge >= 0.3 is 12.1 Å². The Morgan fingerprint density at radius 3 is 2.28 bits per heavy atom. The van der Waals surface area contributed by atoms with E-state index in [2.05, 4.69) is 17.2 Å². The second-order valence-electron chi connectivity index (χ2n) is 4.04. The van der Waals surface area contributed by atoms with Gasteiger partial charge in [-0.15, -0.1) is 0 Å². The van der Waals surface area contributed by atoms with Crippen molar-refractivity contribution in [3.05, 3.63) is 0 Å². The summed E-state index contributed by atoms with van der Waals surface area (Å²) in [7, 11) is 0. The summed E-state index contributed by atoms with van der Waals surface area (Å²) in [4.78, 5) is 22.4. The number of esters is 1. The van der Waals surface area contributed by atoms with Crippen molar-refractivity contribution in [2.45, 2.75) is 40.2 Å². The first-order valence-corrected chi connectivity index (χ1v) is 6.11. The van der Waals surface area contributed by atoms with Crippen LogP contribution in [-0.4, -0.2) is 31.3 Å². The molecule has 0 spiro atoms. The number of carbonyl (C=O) groups is 2. The van der Waals surface area contributed by atoms with Crippen molar-refractivity contribution in [2.75, 3.05) is 13.2 Å². The summed E-state index contributed by atoms with van der Waals surface area (Å²) < 4.78 is 9.47. The third-order valence-electron chi connectivity index (χ3n) is 1.90. The highest BCUT2D eigenvalue weighted by atomic mass is 16.5. The molecule has 0 heterocycles. The quantitative estimate of drug-likeness (QED) is 0.461. The molecule has 18 heavy (non-hydrogen) atoms. The topological polar surface area (TPSA) is 64.6 Å². The minimum absolute atomic E-state index is 0.285. The first-order chi connectivity index (χ1) is 8.49. The number of amides is 1. The zero-order chi connectivity index (χ0) is 14.0. The minimum Gasteiger partial charge on any atom is -0.456 e. The Kier molecular flexibility index (Phi) is 8.46. The monoisotopic (exact) mass is 255 g/mol. The molecule has 0 fully saturated rings. The largest absolute Gasteiger partial charge is 0.456 e. The molecule has 0 aromatic rings. The highest BCUT2D eigenvalue weighted by Gasteiger charge is 2.12. The van der Waals surface area contributed by atoms with Gasteiger partial charge in [0.25, 0.3) is 0 Å². The molecular formula is C13H21NO4. The van der Waals surface area contributed by atoms with Crippen LogP contribution in [0.15, 0.2) is 0 Å². The van der Waals surface area contributed by atoms with Crippen LogP contribution >= 0.6 is 0 Å². The van der Waals surface area contributed by atoms with Crippen LogP contribution in [0.3, 0.4) is 0 Å². The number of hydrogen-bond donors (Lipinski definition) is 1. The van der Waals surface area contributed by atoms with E-state index >= 15 is 0 Å². The second-order valence-corrected chi connectivity index (χ2v) is 4.04. The van der Waals surface area contributed by atoms with Gasteiger partial charge in [-0.1, -0.05) is 19.8 Å². The van der Waals surface area contributed by atoms with E-state index in [1.165, 1.54) is 0 Å². The van der Waals surface area contributed by atoms with E-state index in [4.69, 9.17) is 9.47 Å². The van der Waals surface area contributed by atoms with E-state index < -0.39 is 18.1 Å². The summed E-state index contributed by atoms with van der Waals surface area (Å²) in [6.07, 6.45) is 0.118. The van der Waals surface area contributed by atoms with Crippen molar-refractivity contribution < 1.29 is 19.1 Å². The fraction of sp³-hybridized carbons (Fsp3) is 0.692. The van der Waals surface area contributed by atoms with Crippen molar-refractivity contribution in [1.29, 1.82) is 0 Å². The SMILES string of the molecule is CCOC(=O)C#CC(CC(C)C)NC(=O)OCC. The molecule has 1 atom stereocenters. The van der Waals surface area contributed by atoms with Gasteiger partial charge < -0.3 is 14.8 Å². The molecule has 0 radical (unpaired) electrons. The number of alkyl carbamates (subject to hydrolysis) is 1. The molecule has 1 N–H and O–H groups in total. The molecule has 5 heteroatoms. The Hall–Kier alpha value is -1.70. The Bertz CT molecular complexity index is 328. The van der Waals surface area contributed by atoms with Crippen molar-refractivity contribution >= 4 is 12.1 Å². The van der Waals surface area contributed by atoms with Gasteiger partial charge in [-0.05, 0) is 26.2 Å². The van der Waals surface area contributed by atoms with Crippen LogP contribution in [0, 0.1) is 17.8 Å². The van der Waals surface area contributed by atoms with Crippen LogP contribution in [0.25, 0.3) is 0 Å². The molecule has 0 aromatic heterocycles. The van der Waals surface area contributed by atoms with Gasteiger partial charge in [0.1, 0.15) is 0 Å². The zero-order valence-corrected chi connectivity index (χ0v) is 11.4. The zero-order valence-electron chi connectivity index (χ0n) is 11.4. The lowest BCUT2D eigenvalue weighted by Crippen LogP contribution is -2.35. The third-order valence-corrected chi connectivity index (χ3v) is 1.90. The maximum absolute atomic E-state index is 11.3. The number of nitrogens with one attached hydrogen (secondary N) is 1. The van der Waals surface area contributed by atoms with Gasteiger partial charge in [0.15, 0.2) is 0 Å². The Labute approximate surface area is 108 Å². The van der Waals surface area contributed by atoms with Crippen molar-refractivity contribution in [3.8, 4) is 11.8 Å². The summed E-state index contributed by atoms with van der Waals surface area (Å²) in [5.74, 6) is 4.80. The van der Waals surface area contributed by atoms with Crippen LogP contribution in [0.2, 0.25) is 0 Å². The molecule has 102 valence electrons. The predicted octanol–water partition coefficient (Wildman–Crippen LogP) is 1.71. The molecule has 5 nitrogen and oxygen atoms in total. The average molecular weight is 255 g/mol. The molecule has 0 aromatic carbocycles. The number of hydrogen-bond acceptors (Lipinski definition) is 4. The molecular weight excluding hydrogens is 234 g/mol. The molecule has 0 aliphatic heterocycles. The van der Waals surface area contributed by atoms with E-state index in [-0.39, 0.29) is 6.61 Å². The van der Waals surface area contributed by atoms with E-state index in [9.17, 15) is 9.59 Å². The van der Waals surface area contributed by atoms with Crippen molar-refractivity contribution in [2.24, 2.45) is 5.92 Å². The summed E-state index contributed by atoms with van der Waals surface area (Å²) in [6, 6.07) is -0.409. The molecule has 0 rings (SSSR count). The predicted molar refractivity (Wildman–Crippen MR) is 67.8 cm³/mol. The first kappa shape index (κ1) is 16.3. The fourth-order valence-electron chi connectivity index (χ4n) is 1.25. The van der Waals surface area contributed by atoms with Crippen LogP contribution in [0.4, 0.5) is 4.79 Å². The van der Waals surface area contributed by atoms with Gasteiger partial charge in [0.05, 0.1) is 19.3 Å². The maximum atomic E-state index is 11.3. The highest BCUT2D eigenvalue weighted by Crippen LogP contribution is 2.04. The summed E-state index contributed by atoms with van der Waals surface area (Å²) >= 11 is 0. The van der Waals surface area contributed by atoms with Crippen LogP contribution in [0.5, 0.6) is 0 Å². The average Bonchev–Trinajstić information content (AvgIpc) is 2.26. The number of carbonyl (C=O) groups excluding carboxylic acids is 2. The Morgan fingerprint density at radius 1 is 1.17 bits per heavy atom. The van der Waals surface area contributed by atoms with E-state index in [0.717, 1.165) is 0 Å². The number of ether oxygens (including phenoxy) is 2. The lowest BCUT2D eigenvalue weighted by molar-refractivity contribution is -0.136. The Morgan fingerprint density at radius 2 is 1.78 bits per heavy atom. The van der Waals surface area contributed by atoms with Gasteiger partial charge in [0, 0.05) is 5.92 Å². The van der Waals surface area contributed by atoms with Gasteiger partial charge in [0.2, 0.25) is 0 Å². The maximum Gasteiger partial charge on any atom is 0.408 e. The highest BCUT2D eigenvalue weighted by molar-refractivity contribution is 5.88. The first-order valence-electron chi connectivity index (χ1n) is 6.11. The fourth-order valence-corrected chi connectivity index (χ4v) is 1.25. The third kappa shape index (κ3) is 8.45. The summed E-state index contributed by atoms with van der Waals surface area (Å²) in [5.41, 5.74) is 0. The lowest BCUT2D eigenvalue weighted by atomic mass is 10.0. The molecule has 0 aliphatic carbocycles. The summed E-state index contributed by atoms with van der Waals surface area (Å²) in [5, 5.41) is 2.60. The molecule has 1 unspecified atom stereocenters. The van der Waals surface area contributed by atoms with Gasteiger partial charge in [-0.3, -0.25) is 0 Å². The molecule has 0 saturated carbocycles. The number of rotatable bonds is 5. The Balaban J connectivity index is 4.48. The van der Waals surface area contributed by atoms with Crippen LogP contribution in [0.1, 0.15) is 34.1 Å². The normalized spacial score (nSPS) is 11.2. The minimum atomic E-state index is -0.586. The van der Waals surface area contributed by atoms with E-state index in [1.54, 1.807) is 13.8 Å². The van der Waals surface area contributed by atoms with Gasteiger partial charge in [-0.25, -0.2) is 9.59 Å². The molecule has 0 aliphatic rings. The molecule has 1 amide bonds. The smallest absolute Gasteiger partial charge is 0.408 e. The van der Waals surface area contributed by atoms with E-state index in [1.807, 2.05) is 13.8 Å². The molecule has 0 bridgehead atoms. The lowest BCUT2D eigenvalue weighted by Gasteiger charge is -2.14. The second kappa shape index (κ2) is 9.34. The van der Waals surface area contributed by atoms with Crippen molar-refractivity contribution in [1.82, 2.24) is 5.32 Å². The van der Waals surface area contributed by atoms with Gasteiger partial charge in [-0.2, -0.15) is 0 Å². The van der Waals surface area contributed by atoms with Crippen LogP contribution < -0.4 is 5.32 Å². The van der Waals surface area contributed by atoms with E-state index in [0.29, 0.717) is 18.9 Å². The van der Waals surface area contributed by atoms with Crippen LogP contribution in [-0.2, 0) is 14.3 Å². The molecule has 0 saturated heterocycles. The van der Waals surface area contributed by atoms with Crippen molar-refractivity contribution in [3.63, 3.8) is 0 Å². The standard InChI is InChI=1S/C13H21NO4/c1-5-17-12(15)8-7-11(9-10(3)4)14-13(16)18-6-2/h10-11H,5-6,9H2,1-4H3,(H,14,16).